The largest absolute Gasteiger partial charge is 0.497 e. The molecule has 0 radical (unpaired) electrons. The number of amides is 1. The van der Waals surface area contributed by atoms with Crippen molar-refractivity contribution in [3.63, 3.8) is 0 Å². The Hall–Kier alpha value is -2.34. The van der Waals surface area contributed by atoms with Crippen molar-refractivity contribution >= 4 is 28.2 Å². The molecule has 1 aromatic carbocycles. The van der Waals surface area contributed by atoms with E-state index < -0.39 is 0 Å². The summed E-state index contributed by atoms with van der Waals surface area (Å²) < 4.78 is 11.0. The first-order valence-corrected chi connectivity index (χ1v) is 13.9. The van der Waals surface area contributed by atoms with Crippen molar-refractivity contribution < 1.29 is 19.1 Å². The molecule has 1 heterocycles. The number of esters is 1. The molecule has 0 aliphatic heterocycles. The summed E-state index contributed by atoms with van der Waals surface area (Å²) in [6.07, 6.45) is 5.83. The van der Waals surface area contributed by atoms with Crippen LogP contribution in [0, 0.1) is 17.8 Å². The minimum Gasteiger partial charge on any atom is -0.497 e. The molecule has 188 valence electrons. The molecule has 0 bridgehead atoms. The van der Waals surface area contributed by atoms with Gasteiger partial charge in [-0.05, 0) is 96.9 Å². The lowest BCUT2D eigenvalue weighted by Crippen LogP contribution is -2.43. The number of carbonyl (C=O) groups is 2. The Labute approximate surface area is 212 Å². The number of rotatable bonds is 6. The molecule has 5 rings (SSSR count). The summed E-state index contributed by atoms with van der Waals surface area (Å²) in [5.74, 6) is 2.55. The van der Waals surface area contributed by atoms with Gasteiger partial charge in [0.15, 0.2) is 0 Å². The fraction of sp³-hybridized carbons (Fsp3) is 0.586. The Morgan fingerprint density at radius 3 is 2.77 bits per heavy atom. The standard InChI is InChI=1S/C29H37NO4S/c1-6-34-28(32)25-26-23(35-27(25)30-24(31)13-16(2)3)15-22-21-9-7-17-14-18(33-5)8-10-19(17)20(21)11-12-29(22,26)4/h8,10,14,16,20-22H,6-7,9,11-13,15H2,1-5H3,(H,30,31)/t20-,21+,22+,29+/m1/s1. The summed E-state index contributed by atoms with van der Waals surface area (Å²) >= 11 is 1.60. The van der Waals surface area contributed by atoms with Crippen molar-refractivity contribution in [2.24, 2.45) is 17.8 Å². The second-order valence-electron chi connectivity index (χ2n) is 11.1. The SMILES string of the molecule is CCOC(=O)c1c(NC(=O)CC(C)C)sc2c1[C@@]1(C)CC[C@@H]3c4ccc(OC)cc4CC[C@@H]3[C@@H]1C2. The maximum Gasteiger partial charge on any atom is 0.341 e. The van der Waals surface area contributed by atoms with Gasteiger partial charge in [-0.2, -0.15) is 0 Å². The van der Waals surface area contributed by atoms with Crippen LogP contribution in [-0.4, -0.2) is 25.6 Å². The highest BCUT2D eigenvalue weighted by molar-refractivity contribution is 7.17. The molecule has 1 amide bonds. The number of thiophene rings is 1. The van der Waals surface area contributed by atoms with Gasteiger partial charge in [0.25, 0.3) is 0 Å². The van der Waals surface area contributed by atoms with Gasteiger partial charge in [0.05, 0.1) is 19.3 Å². The van der Waals surface area contributed by atoms with Crippen molar-refractivity contribution in [2.75, 3.05) is 19.0 Å². The van der Waals surface area contributed by atoms with E-state index in [9.17, 15) is 9.59 Å². The predicted octanol–water partition coefficient (Wildman–Crippen LogP) is 6.49. The van der Waals surface area contributed by atoms with Crippen LogP contribution in [0.3, 0.4) is 0 Å². The van der Waals surface area contributed by atoms with Crippen LogP contribution in [0.1, 0.15) is 91.2 Å². The molecule has 0 unspecified atom stereocenters. The van der Waals surface area contributed by atoms with Gasteiger partial charge in [-0.15, -0.1) is 11.3 Å². The molecule has 4 atom stereocenters. The highest BCUT2D eigenvalue weighted by Crippen LogP contribution is 2.63. The van der Waals surface area contributed by atoms with Crippen LogP contribution in [-0.2, 0) is 27.8 Å². The van der Waals surface area contributed by atoms with Gasteiger partial charge in [0, 0.05) is 11.3 Å². The van der Waals surface area contributed by atoms with Crippen molar-refractivity contribution in [3.05, 3.63) is 45.3 Å². The number of fused-ring (bicyclic) bond motifs is 7. The summed E-state index contributed by atoms with van der Waals surface area (Å²) in [6, 6.07) is 6.60. The van der Waals surface area contributed by atoms with Crippen LogP contribution in [0.5, 0.6) is 5.75 Å². The molecule has 0 saturated heterocycles. The number of carbonyl (C=O) groups excluding carboxylic acids is 2. The van der Waals surface area contributed by atoms with Crippen LogP contribution >= 0.6 is 11.3 Å². The van der Waals surface area contributed by atoms with Crippen molar-refractivity contribution in [1.82, 2.24) is 0 Å². The average Bonchev–Trinajstić information content (AvgIpc) is 3.31. The zero-order chi connectivity index (χ0) is 24.9. The fourth-order valence-electron chi connectivity index (χ4n) is 7.15. The van der Waals surface area contributed by atoms with E-state index >= 15 is 0 Å². The van der Waals surface area contributed by atoms with Crippen LogP contribution in [0.4, 0.5) is 5.00 Å². The molecule has 3 aliphatic carbocycles. The molecule has 1 N–H and O–H groups in total. The van der Waals surface area contributed by atoms with Crippen LogP contribution in [0.25, 0.3) is 0 Å². The Bertz CT molecular complexity index is 1150. The number of aryl methyl sites for hydroxylation is 1. The number of ether oxygens (including phenoxy) is 2. The number of benzene rings is 1. The molecule has 1 fully saturated rings. The van der Waals surface area contributed by atoms with E-state index in [0.29, 0.717) is 41.3 Å². The molecule has 5 nitrogen and oxygen atoms in total. The summed E-state index contributed by atoms with van der Waals surface area (Å²) in [6.45, 7) is 8.59. The zero-order valence-corrected chi connectivity index (χ0v) is 22.3. The smallest absolute Gasteiger partial charge is 0.341 e. The molecule has 3 aliphatic rings. The van der Waals surface area contributed by atoms with Crippen molar-refractivity contribution in [2.45, 2.75) is 77.6 Å². The van der Waals surface area contributed by atoms with Gasteiger partial charge >= 0.3 is 5.97 Å². The van der Waals surface area contributed by atoms with E-state index in [2.05, 4.69) is 30.4 Å². The van der Waals surface area contributed by atoms with Gasteiger partial charge in [-0.3, -0.25) is 4.79 Å². The second kappa shape index (κ2) is 9.27. The predicted molar refractivity (Wildman–Crippen MR) is 140 cm³/mol. The molecule has 6 heteroatoms. The highest BCUT2D eigenvalue weighted by Gasteiger charge is 2.55. The Kier molecular flexibility index (Phi) is 6.45. The number of methoxy groups -OCH3 is 1. The number of hydrogen-bond donors (Lipinski definition) is 1. The number of anilines is 1. The first-order valence-electron chi connectivity index (χ1n) is 13.1. The van der Waals surface area contributed by atoms with E-state index in [0.717, 1.165) is 37.0 Å². The topological polar surface area (TPSA) is 64.6 Å². The zero-order valence-electron chi connectivity index (χ0n) is 21.5. The van der Waals surface area contributed by atoms with Gasteiger partial charge in [0.2, 0.25) is 5.91 Å². The summed E-state index contributed by atoms with van der Waals surface area (Å²) in [5.41, 5.74) is 4.63. The third-order valence-electron chi connectivity index (χ3n) is 8.61. The van der Waals surface area contributed by atoms with E-state index in [-0.39, 0.29) is 23.2 Å². The number of hydrogen-bond acceptors (Lipinski definition) is 5. The monoisotopic (exact) mass is 495 g/mol. The maximum absolute atomic E-state index is 13.2. The summed E-state index contributed by atoms with van der Waals surface area (Å²) in [4.78, 5) is 27.1. The second-order valence-corrected chi connectivity index (χ2v) is 12.2. The van der Waals surface area contributed by atoms with Gasteiger partial charge in [-0.25, -0.2) is 4.79 Å². The fourth-order valence-corrected chi connectivity index (χ4v) is 8.55. The lowest BCUT2D eigenvalue weighted by molar-refractivity contribution is -0.116. The Balaban J connectivity index is 1.49. The van der Waals surface area contributed by atoms with Crippen molar-refractivity contribution in [3.8, 4) is 5.75 Å². The third kappa shape index (κ3) is 4.08. The third-order valence-corrected chi connectivity index (χ3v) is 9.73. The molecule has 1 saturated carbocycles. The van der Waals surface area contributed by atoms with Crippen LogP contribution < -0.4 is 10.1 Å². The first-order chi connectivity index (χ1) is 16.8. The summed E-state index contributed by atoms with van der Waals surface area (Å²) in [7, 11) is 1.73. The normalized spacial score (nSPS) is 26.4. The molecule has 0 spiro atoms. The van der Waals surface area contributed by atoms with E-state index in [1.165, 1.54) is 22.4 Å². The minimum atomic E-state index is -0.296. The number of nitrogens with one attached hydrogen (secondary N) is 1. The van der Waals surface area contributed by atoms with Gasteiger partial charge < -0.3 is 14.8 Å². The van der Waals surface area contributed by atoms with Crippen LogP contribution in [0.15, 0.2) is 18.2 Å². The van der Waals surface area contributed by atoms with E-state index in [4.69, 9.17) is 9.47 Å². The molecular weight excluding hydrogens is 458 g/mol. The van der Waals surface area contributed by atoms with E-state index in [1.807, 2.05) is 20.8 Å². The molecule has 2 aromatic rings. The lowest BCUT2D eigenvalue weighted by atomic mass is 9.54. The minimum absolute atomic E-state index is 0.0322. The van der Waals surface area contributed by atoms with Crippen molar-refractivity contribution in [1.29, 1.82) is 0 Å². The first kappa shape index (κ1) is 24.4. The highest BCUT2D eigenvalue weighted by atomic mass is 32.1. The average molecular weight is 496 g/mol. The summed E-state index contributed by atoms with van der Waals surface area (Å²) in [5, 5.41) is 3.75. The van der Waals surface area contributed by atoms with Gasteiger partial charge in [0.1, 0.15) is 10.8 Å². The van der Waals surface area contributed by atoms with E-state index in [1.54, 1.807) is 18.4 Å². The maximum atomic E-state index is 13.2. The Morgan fingerprint density at radius 2 is 2.06 bits per heavy atom. The molecule has 35 heavy (non-hydrogen) atoms. The van der Waals surface area contributed by atoms with Crippen LogP contribution in [0.2, 0.25) is 0 Å². The Morgan fingerprint density at radius 1 is 1.26 bits per heavy atom. The molecule has 1 aromatic heterocycles. The van der Waals surface area contributed by atoms with Gasteiger partial charge in [-0.1, -0.05) is 26.8 Å². The lowest BCUT2D eigenvalue weighted by Gasteiger charge is -2.49. The quantitative estimate of drug-likeness (QED) is 0.465. The molecular formula is C29H37NO4S.